The van der Waals surface area contributed by atoms with Crippen LogP contribution in [-0.4, -0.2) is 57.5 Å². The summed E-state index contributed by atoms with van der Waals surface area (Å²) in [4.78, 5) is 28.7. The maximum atomic E-state index is 14.2. The fourth-order valence-corrected chi connectivity index (χ4v) is 6.59. The Labute approximate surface area is 266 Å². The van der Waals surface area contributed by atoms with Crippen LogP contribution < -0.4 is 19.1 Å². The van der Waals surface area contributed by atoms with Crippen molar-refractivity contribution in [2.75, 3.05) is 30.6 Å². The molecule has 0 fully saturated rings. The van der Waals surface area contributed by atoms with Gasteiger partial charge in [-0.05, 0) is 60.9 Å². The minimum absolute atomic E-state index is 0.0441. The number of amides is 2. The van der Waals surface area contributed by atoms with E-state index in [1.54, 1.807) is 25.1 Å². The van der Waals surface area contributed by atoms with Gasteiger partial charge in [0, 0.05) is 34.8 Å². The van der Waals surface area contributed by atoms with Crippen molar-refractivity contribution < 1.29 is 31.9 Å². The number of carbonyl (C=O) groups is 2. The molecule has 9 nitrogen and oxygen atoms in total. The molecule has 1 heterocycles. The molecular formula is C31H34Cl2FN3O6S. The number of carbonyl (C=O) groups excluding carboxylic acids is 2. The summed E-state index contributed by atoms with van der Waals surface area (Å²) in [5.41, 5.74) is 0.449. The van der Waals surface area contributed by atoms with Crippen molar-refractivity contribution in [1.29, 1.82) is 0 Å². The lowest BCUT2D eigenvalue weighted by molar-refractivity contribution is -0.140. The molecule has 44 heavy (non-hydrogen) atoms. The highest BCUT2D eigenvalue weighted by molar-refractivity contribution is 7.92. The smallest absolute Gasteiger partial charge is 0.264 e. The predicted octanol–water partition coefficient (Wildman–Crippen LogP) is 5.68. The summed E-state index contributed by atoms with van der Waals surface area (Å²) in [6, 6.07) is 12.8. The lowest BCUT2D eigenvalue weighted by Gasteiger charge is -2.33. The van der Waals surface area contributed by atoms with E-state index >= 15 is 0 Å². The average Bonchev–Trinajstić information content (AvgIpc) is 3.00. The number of halogens is 3. The molecule has 0 aromatic heterocycles. The summed E-state index contributed by atoms with van der Waals surface area (Å²) in [6.45, 7) is 5.71. The van der Waals surface area contributed by atoms with E-state index in [0.717, 1.165) is 16.4 Å². The third-order valence-electron chi connectivity index (χ3n) is 6.96. The van der Waals surface area contributed by atoms with Gasteiger partial charge in [0.05, 0.1) is 10.6 Å². The number of benzene rings is 3. The van der Waals surface area contributed by atoms with Crippen LogP contribution in [0.1, 0.15) is 32.8 Å². The third-order valence-corrected chi connectivity index (χ3v) is 9.43. The van der Waals surface area contributed by atoms with Crippen molar-refractivity contribution >= 4 is 50.7 Å². The molecule has 4 rings (SSSR count). The second kappa shape index (κ2) is 14.5. The first kappa shape index (κ1) is 33.4. The molecule has 13 heteroatoms. The Kier molecular flexibility index (Phi) is 11.0. The molecule has 0 saturated carbocycles. The molecule has 2 amide bonds. The SMILES string of the molecule is CC[C@@H](C(=O)NCC(C)C)N(Cc1c(Cl)cccc1Cl)C(=O)CN(c1ccc(F)cc1)S(=O)(=O)c1ccc2c(c1)OCCO2. The van der Waals surface area contributed by atoms with Gasteiger partial charge in [0.1, 0.15) is 31.6 Å². The van der Waals surface area contributed by atoms with Gasteiger partial charge in [-0.1, -0.05) is 50.0 Å². The highest BCUT2D eigenvalue weighted by Gasteiger charge is 2.35. The van der Waals surface area contributed by atoms with E-state index in [4.69, 9.17) is 32.7 Å². The Morgan fingerprint density at radius 1 is 0.977 bits per heavy atom. The summed E-state index contributed by atoms with van der Waals surface area (Å²) in [7, 11) is -4.42. The van der Waals surface area contributed by atoms with Gasteiger partial charge < -0.3 is 19.7 Å². The standard InChI is InChI=1S/C31H34Cl2FN3O6S/c1-4-27(31(39)35-17-20(2)3)36(18-24-25(32)6-5-7-26(24)33)30(38)19-37(22-10-8-21(34)9-11-22)44(40,41)23-12-13-28-29(16-23)43-15-14-42-28/h5-13,16,20,27H,4,14-15,17-19H2,1-3H3,(H,35,39)/t27-/m0/s1. The van der Waals surface area contributed by atoms with Gasteiger partial charge in [0.25, 0.3) is 10.0 Å². The first-order chi connectivity index (χ1) is 20.9. The Morgan fingerprint density at radius 2 is 1.61 bits per heavy atom. The first-order valence-electron chi connectivity index (χ1n) is 14.1. The molecule has 236 valence electrons. The minimum atomic E-state index is -4.42. The zero-order valence-corrected chi connectivity index (χ0v) is 26.9. The van der Waals surface area contributed by atoms with Gasteiger partial charge in [-0.15, -0.1) is 0 Å². The second-order valence-electron chi connectivity index (χ2n) is 10.6. The Morgan fingerprint density at radius 3 is 2.23 bits per heavy atom. The molecule has 1 aliphatic rings. The van der Waals surface area contributed by atoms with E-state index in [-0.39, 0.29) is 51.9 Å². The first-order valence-corrected chi connectivity index (χ1v) is 16.3. The number of rotatable bonds is 12. The maximum Gasteiger partial charge on any atom is 0.264 e. The van der Waals surface area contributed by atoms with Crippen LogP contribution in [0, 0.1) is 11.7 Å². The maximum absolute atomic E-state index is 14.2. The van der Waals surface area contributed by atoms with Crippen LogP contribution in [0.25, 0.3) is 0 Å². The van der Waals surface area contributed by atoms with E-state index in [1.165, 1.54) is 35.2 Å². The number of hydrogen-bond donors (Lipinski definition) is 1. The van der Waals surface area contributed by atoms with Gasteiger partial charge in [-0.2, -0.15) is 0 Å². The molecule has 1 N–H and O–H groups in total. The van der Waals surface area contributed by atoms with Gasteiger partial charge in [-0.3, -0.25) is 13.9 Å². The van der Waals surface area contributed by atoms with Crippen LogP contribution >= 0.6 is 23.2 Å². The Bertz CT molecular complexity index is 1580. The van der Waals surface area contributed by atoms with Gasteiger partial charge >= 0.3 is 0 Å². The van der Waals surface area contributed by atoms with Crippen LogP contribution in [0.15, 0.2) is 65.6 Å². The quantitative estimate of drug-likeness (QED) is 0.267. The van der Waals surface area contributed by atoms with Crippen molar-refractivity contribution in [3.05, 3.63) is 82.1 Å². The summed E-state index contributed by atoms with van der Waals surface area (Å²) >= 11 is 12.9. The van der Waals surface area contributed by atoms with E-state index in [0.29, 0.717) is 24.5 Å². The summed E-state index contributed by atoms with van der Waals surface area (Å²) in [5, 5.41) is 3.43. The van der Waals surface area contributed by atoms with Crippen LogP contribution in [-0.2, 0) is 26.2 Å². The number of sulfonamides is 1. The number of hydrogen-bond acceptors (Lipinski definition) is 6. The monoisotopic (exact) mass is 665 g/mol. The molecule has 0 saturated heterocycles. The Balaban J connectivity index is 1.76. The van der Waals surface area contributed by atoms with Gasteiger partial charge in [0.15, 0.2) is 11.5 Å². The molecule has 3 aromatic carbocycles. The molecule has 0 bridgehead atoms. The zero-order valence-electron chi connectivity index (χ0n) is 24.6. The van der Waals surface area contributed by atoms with E-state index < -0.39 is 40.2 Å². The number of anilines is 1. The molecule has 3 aromatic rings. The third kappa shape index (κ3) is 7.75. The number of nitrogens with one attached hydrogen (secondary N) is 1. The molecular weight excluding hydrogens is 632 g/mol. The number of nitrogens with zero attached hydrogens (tertiary/aromatic N) is 2. The largest absolute Gasteiger partial charge is 0.486 e. The number of ether oxygens (including phenoxy) is 2. The molecule has 1 aliphatic heterocycles. The fraction of sp³-hybridized carbons (Fsp3) is 0.355. The predicted molar refractivity (Wildman–Crippen MR) is 167 cm³/mol. The van der Waals surface area contributed by atoms with Crippen molar-refractivity contribution in [3.63, 3.8) is 0 Å². The highest BCUT2D eigenvalue weighted by Crippen LogP contribution is 2.35. The van der Waals surface area contributed by atoms with Gasteiger partial charge in [0.2, 0.25) is 11.8 Å². The van der Waals surface area contributed by atoms with Gasteiger partial charge in [-0.25, -0.2) is 12.8 Å². The fourth-order valence-electron chi connectivity index (χ4n) is 4.64. The average molecular weight is 667 g/mol. The van der Waals surface area contributed by atoms with Crippen LogP contribution in [0.2, 0.25) is 10.0 Å². The summed E-state index contributed by atoms with van der Waals surface area (Å²) in [6.07, 6.45) is 0.225. The highest BCUT2D eigenvalue weighted by atomic mass is 35.5. The van der Waals surface area contributed by atoms with Crippen molar-refractivity contribution in [1.82, 2.24) is 10.2 Å². The van der Waals surface area contributed by atoms with Crippen LogP contribution in [0.5, 0.6) is 11.5 Å². The normalized spacial score (nSPS) is 13.3. The zero-order chi connectivity index (χ0) is 32.0. The van der Waals surface area contributed by atoms with Crippen LogP contribution in [0.4, 0.5) is 10.1 Å². The van der Waals surface area contributed by atoms with Crippen molar-refractivity contribution in [2.24, 2.45) is 5.92 Å². The second-order valence-corrected chi connectivity index (χ2v) is 13.3. The topological polar surface area (TPSA) is 105 Å². The molecule has 1 atom stereocenters. The summed E-state index contributed by atoms with van der Waals surface area (Å²) in [5.74, 6) is -0.895. The lowest BCUT2D eigenvalue weighted by Crippen LogP contribution is -2.52. The molecule has 0 unspecified atom stereocenters. The van der Waals surface area contributed by atoms with E-state index in [2.05, 4.69) is 5.32 Å². The number of fused-ring (bicyclic) bond motifs is 1. The Hall–Kier alpha value is -3.54. The van der Waals surface area contributed by atoms with E-state index in [9.17, 15) is 22.4 Å². The van der Waals surface area contributed by atoms with Crippen molar-refractivity contribution in [3.8, 4) is 11.5 Å². The summed E-state index contributed by atoms with van der Waals surface area (Å²) < 4.78 is 54.1. The molecule has 0 aliphatic carbocycles. The minimum Gasteiger partial charge on any atom is -0.486 e. The molecule has 0 radical (unpaired) electrons. The van der Waals surface area contributed by atoms with Crippen molar-refractivity contribution in [2.45, 2.75) is 44.7 Å². The molecule has 0 spiro atoms. The van der Waals surface area contributed by atoms with E-state index in [1.807, 2.05) is 13.8 Å². The lowest BCUT2D eigenvalue weighted by atomic mass is 10.1. The van der Waals surface area contributed by atoms with Crippen LogP contribution in [0.3, 0.4) is 0 Å².